The molecular weight excluding hydrogens is 128 g/mol. The zero-order valence-electron chi connectivity index (χ0n) is 6.13. The third-order valence-corrected chi connectivity index (χ3v) is 1.87. The first-order valence-electron chi connectivity index (χ1n) is 3.61. The molecule has 0 saturated heterocycles. The van der Waals surface area contributed by atoms with Gasteiger partial charge >= 0.3 is 0 Å². The highest BCUT2D eigenvalue weighted by molar-refractivity contribution is 5.87. The molecule has 0 aliphatic heterocycles. The van der Waals surface area contributed by atoms with Gasteiger partial charge < -0.3 is 5.11 Å². The fourth-order valence-electron chi connectivity index (χ4n) is 1.03. The first-order valence-corrected chi connectivity index (χ1v) is 3.61. The Balaban J connectivity index is 2.45. The zero-order chi connectivity index (χ0) is 7.56. The Kier molecular flexibility index (Phi) is 2.10. The highest BCUT2D eigenvalue weighted by atomic mass is 16.3. The molecule has 0 aromatic heterocycles. The second kappa shape index (κ2) is 2.86. The second-order valence-corrected chi connectivity index (χ2v) is 2.81. The van der Waals surface area contributed by atoms with Crippen LogP contribution in [0.4, 0.5) is 0 Å². The third-order valence-electron chi connectivity index (χ3n) is 1.87. The van der Waals surface area contributed by atoms with Crippen molar-refractivity contribution in [2.24, 2.45) is 5.92 Å². The Morgan fingerprint density at radius 3 is 2.50 bits per heavy atom. The van der Waals surface area contributed by atoms with E-state index < -0.39 is 0 Å². The van der Waals surface area contributed by atoms with Gasteiger partial charge in [0, 0.05) is 12.0 Å². The van der Waals surface area contributed by atoms with Gasteiger partial charge in [0.1, 0.15) is 0 Å². The first-order chi connectivity index (χ1) is 4.70. The number of carbonyl (C=O) groups excluding carboxylic acids is 1. The van der Waals surface area contributed by atoms with E-state index in [0.717, 1.165) is 12.8 Å². The van der Waals surface area contributed by atoms with Gasteiger partial charge in [-0.1, -0.05) is 6.42 Å². The molecular formula is C8H12O2. The molecule has 1 rings (SSSR count). The monoisotopic (exact) mass is 140 g/mol. The average Bonchev–Trinajstić information content (AvgIpc) is 1.55. The van der Waals surface area contributed by atoms with Crippen molar-refractivity contribution < 1.29 is 9.90 Å². The minimum atomic E-state index is -0.0654. The smallest absolute Gasteiger partial charge is 0.155 e. The van der Waals surface area contributed by atoms with Crippen molar-refractivity contribution >= 4 is 5.78 Å². The van der Waals surface area contributed by atoms with E-state index in [1.165, 1.54) is 19.4 Å². The summed E-state index contributed by atoms with van der Waals surface area (Å²) >= 11 is 0. The minimum Gasteiger partial charge on any atom is -0.512 e. The molecule has 1 saturated carbocycles. The summed E-state index contributed by atoms with van der Waals surface area (Å²) in [6, 6.07) is 0. The third kappa shape index (κ3) is 1.59. The molecule has 0 amide bonds. The number of aliphatic hydroxyl groups is 1. The van der Waals surface area contributed by atoms with Crippen LogP contribution in [0.3, 0.4) is 0 Å². The lowest BCUT2D eigenvalue weighted by atomic mass is 9.83. The van der Waals surface area contributed by atoms with Crippen LogP contribution in [0.25, 0.3) is 0 Å². The van der Waals surface area contributed by atoms with Gasteiger partial charge in [-0.15, -0.1) is 0 Å². The quantitative estimate of drug-likeness (QED) is 0.469. The molecule has 56 valence electrons. The van der Waals surface area contributed by atoms with Gasteiger partial charge in [0.25, 0.3) is 0 Å². The Morgan fingerprint density at radius 1 is 1.60 bits per heavy atom. The SMILES string of the molecule is CC(=O)C=C(O)C1CCC1. The van der Waals surface area contributed by atoms with Gasteiger partial charge in [-0.25, -0.2) is 0 Å². The van der Waals surface area contributed by atoms with Crippen LogP contribution in [-0.2, 0) is 4.79 Å². The molecule has 0 aromatic rings. The van der Waals surface area contributed by atoms with E-state index in [4.69, 9.17) is 0 Å². The lowest BCUT2D eigenvalue weighted by Gasteiger charge is -2.24. The van der Waals surface area contributed by atoms with E-state index >= 15 is 0 Å². The maximum Gasteiger partial charge on any atom is 0.155 e. The zero-order valence-corrected chi connectivity index (χ0v) is 6.13. The predicted molar refractivity (Wildman–Crippen MR) is 38.7 cm³/mol. The Morgan fingerprint density at radius 2 is 2.20 bits per heavy atom. The summed E-state index contributed by atoms with van der Waals surface area (Å²) in [6.45, 7) is 1.45. The molecule has 10 heavy (non-hydrogen) atoms. The largest absolute Gasteiger partial charge is 0.512 e. The highest BCUT2D eigenvalue weighted by Gasteiger charge is 2.21. The summed E-state index contributed by atoms with van der Waals surface area (Å²) in [6.07, 6.45) is 4.58. The van der Waals surface area contributed by atoms with Gasteiger partial charge in [0.05, 0.1) is 5.76 Å². The van der Waals surface area contributed by atoms with Crippen molar-refractivity contribution in [2.75, 3.05) is 0 Å². The predicted octanol–water partition coefficient (Wildman–Crippen LogP) is 1.82. The Hall–Kier alpha value is -0.790. The lowest BCUT2D eigenvalue weighted by Crippen LogP contribution is -2.14. The van der Waals surface area contributed by atoms with Crippen molar-refractivity contribution in [3.63, 3.8) is 0 Å². The molecule has 0 spiro atoms. The molecule has 2 heteroatoms. The summed E-state index contributed by atoms with van der Waals surface area (Å²) in [5, 5.41) is 9.18. The Bertz CT molecular complexity index is 166. The van der Waals surface area contributed by atoms with Gasteiger partial charge in [0.15, 0.2) is 5.78 Å². The van der Waals surface area contributed by atoms with Crippen LogP contribution >= 0.6 is 0 Å². The number of allylic oxidation sites excluding steroid dienone is 2. The maximum atomic E-state index is 10.5. The van der Waals surface area contributed by atoms with Crippen LogP contribution in [0.2, 0.25) is 0 Å². The number of rotatable bonds is 2. The number of hydrogen-bond acceptors (Lipinski definition) is 2. The molecule has 2 nitrogen and oxygen atoms in total. The Labute approximate surface area is 60.6 Å². The molecule has 0 radical (unpaired) electrons. The number of hydrogen-bond donors (Lipinski definition) is 1. The maximum absolute atomic E-state index is 10.5. The van der Waals surface area contributed by atoms with E-state index in [2.05, 4.69) is 0 Å². The molecule has 0 heterocycles. The van der Waals surface area contributed by atoms with E-state index in [1.54, 1.807) is 0 Å². The summed E-state index contributed by atoms with van der Waals surface area (Å²) in [7, 11) is 0. The number of ketones is 1. The second-order valence-electron chi connectivity index (χ2n) is 2.81. The molecule has 1 aliphatic rings. The van der Waals surface area contributed by atoms with Crippen LogP contribution in [-0.4, -0.2) is 10.9 Å². The van der Waals surface area contributed by atoms with Gasteiger partial charge in [-0.3, -0.25) is 4.79 Å². The van der Waals surface area contributed by atoms with Crippen molar-refractivity contribution in [1.82, 2.24) is 0 Å². The summed E-state index contributed by atoms with van der Waals surface area (Å²) in [5.41, 5.74) is 0. The van der Waals surface area contributed by atoms with Crippen LogP contribution in [0.1, 0.15) is 26.2 Å². The number of carbonyl (C=O) groups is 1. The summed E-state index contributed by atoms with van der Waals surface area (Å²) < 4.78 is 0. The average molecular weight is 140 g/mol. The van der Waals surface area contributed by atoms with Gasteiger partial charge in [-0.2, -0.15) is 0 Å². The van der Waals surface area contributed by atoms with Crippen LogP contribution in [0.5, 0.6) is 0 Å². The van der Waals surface area contributed by atoms with E-state index in [0.29, 0.717) is 0 Å². The lowest BCUT2D eigenvalue weighted by molar-refractivity contribution is -0.112. The highest BCUT2D eigenvalue weighted by Crippen LogP contribution is 2.31. The standard InChI is InChI=1S/C8H12O2/c1-6(9)5-8(10)7-3-2-4-7/h5,7,10H,2-4H2,1H3. The van der Waals surface area contributed by atoms with Crippen LogP contribution < -0.4 is 0 Å². The molecule has 1 fully saturated rings. The van der Waals surface area contributed by atoms with Crippen molar-refractivity contribution in [3.05, 3.63) is 11.8 Å². The summed E-state index contributed by atoms with van der Waals surface area (Å²) in [5.74, 6) is 0.493. The van der Waals surface area contributed by atoms with Gasteiger partial charge in [0.2, 0.25) is 0 Å². The first kappa shape index (κ1) is 7.32. The van der Waals surface area contributed by atoms with Gasteiger partial charge in [-0.05, 0) is 19.8 Å². The number of aliphatic hydroxyl groups excluding tert-OH is 1. The van der Waals surface area contributed by atoms with E-state index in [-0.39, 0.29) is 17.5 Å². The molecule has 0 atom stereocenters. The fraction of sp³-hybridized carbons (Fsp3) is 0.625. The van der Waals surface area contributed by atoms with E-state index in [1.807, 2.05) is 0 Å². The molecule has 1 aliphatic carbocycles. The molecule has 0 aromatic carbocycles. The van der Waals surface area contributed by atoms with Crippen molar-refractivity contribution in [3.8, 4) is 0 Å². The van der Waals surface area contributed by atoms with E-state index in [9.17, 15) is 9.90 Å². The fourth-order valence-corrected chi connectivity index (χ4v) is 1.03. The topological polar surface area (TPSA) is 37.3 Å². The normalized spacial score (nSPS) is 20.3. The molecule has 0 unspecified atom stereocenters. The van der Waals surface area contributed by atoms with Crippen LogP contribution in [0, 0.1) is 5.92 Å². The van der Waals surface area contributed by atoms with Crippen molar-refractivity contribution in [1.29, 1.82) is 0 Å². The van der Waals surface area contributed by atoms with Crippen LogP contribution in [0.15, 0.2) is 11.8 Å². The molecule has 1 N–H and O–H groups in total. The summed E-state index contributed by atoms with van der Waals surface area (Å²) in [4.78, 5) is 10.5. The minimum absolute atomic E-state index is 0.0654. The van der Waals surface area contributed by atoms with Crippen molar-refractivity contribution in [2.45, 2.75) is 26.2 Å². The molecule has 0 bridgehead atoms.